The Morgan fingerprint density at radius 3 is 2.62 bits per heavy atom. The van der Waals surface area contributed by atoms with E-state index in [4.69, 9.17) is 4.74 Å². The van der Waals surface area contributed by atoms with E-state index in [1.807, 2.05) is 0 Å². The minimum absolute atomic E-state index is 0.00796. The number of nitrogens with zero attached hydrogens (tertiary/aromatic N) is 1. The number of aliphatic hydroxyl groups is 1. The van der Waals surface area contributed by atoms with Crippen molar-refractivity contribution in [3.05, 3.63) is 0 Å². The average Bonchev–Trinajstić information content (AvgIpc) is 2.40. The molecule has 1 amide bonds. The van der Waals surface area contributed by atoms with Crippen molar-refractivity contribution in [2.24, 2.45) is 0 Å². The third-order valence-corrected chi connectivity index (χ3v) is 2.65. The first-order chi connectivity index (χ1) is 7.18. The summed E-state index contributed by atoms with van der Waals surface area (Å²) in [5.74, 6) is 0. The van der Waals surface area contributed by atoms with Crippen LogP contribution in [0.15, 0.2) is 0 Å². The summed E-state index contributed by atoms with van der Waals surface area (Å²) in [6.45, 7) is 6.66. The van der Waals surface area contributed by atoms with Crippen LogP contribution in [0.4, 0.5) is 9.18 Å². The number of ether oxygens (including phenoxy) is 1. The van der Waals surface area contributed by atoms with E-state index in [1.165, 1.54) is 4.90 Å². The minimum Gasteiger partial charge on any atom is -0.444 e. The number of hydrogen-bond acceptors (Lipinski definition) is 3. The molecule has 1 saturated heterocycles. The van der Waals surface area contributed by atoms with Crippen molar-refractivity contribution in [3.8, 4) is 0 Å². The first kappa shape index (κ1) is 13.2. The van der Waals surface area contributed by atoms with Gasteiger partial charge in [0.25, 0.3) is 0 Å². The molecule has 1 N–H and O–H groups in total. The van der Waals surface area contributed by atoms with Crippen LogP contribution in [-0.4, -0.2) is 46.6 Å². The topological polar surface area (TPSA) is 49.8 Å². The standard InChI is InChI=1S/C11H20FNO3/c1-10(2,3)16-9(15)13-6-8(12)5-11(13,4)7-14/h8,14H,5-7H2,1-4H3. The van der Waals surface area contributed by atoms with Crippen molar-refractivity contribution in [3.63, 3.8) is 0 Å². The van der Waals surface area contributed by atoms with Gasteiger partial charge in [-0.3, -0.25) is 4.90 Å². The van der Waals surface area contributed by atoms with Crippen molar-refractivity contribution in [2.75, 3.05) is 13.2 Å². The molecular weight excluding hydrogens is 213 g/mol. The lowest BCUT2D eigenvalue weighted by atomic mass is 10.0. The van der Waals surface area contributed by atoms with Crippen LogP contribution in [0.25, 0.3) is 0 Å². The zero-order chi connectivity index (χ0) is 12.6. The molecule has 0 aliphatic carbocycles. The monoisotopic (exact) mass is 233 g/mol. The molecule has 1 aliphatic heterocycles. The Hall–Kier alpha value is -0.840. The molecule has 2 atom stereocenters. The van der Waals surface area contributed by atoms with Gasteiger partial charge in [-0.2, -0.15) is 0 Å². The number of hydrogen-bond donors (Lipinski definition) is 1. The van der Waals surface area contributed by atoms with Gasteiger partial charge in [0.15, 0.2) is 0 Å². The van der Waals surface area contributed by atoms with Gasteiger partial charge in [0.2, 0.25) is 0 Å². The number of likely N-dealkylation sites (tertiary alicyclic amines) is 1. The largest absolute Gasteiger partial charge is 0.444 e. The molecule has 0 spiro atoms. The minimum atomic E-state index is -1.09. The quantitative estimate of drug-likeness (QED) is 0.750. The highest BCUT2D eigenvalue weighted by molar-refractivity contribution is 5.69. The maximum Gasteiger partial charge on any atom is 0.410 e. The molecule has 1 heterocycles. The Labute approximate surface area is 95.4 Å². The predicted molar refractivity (Wildman–Crippen MR) is 57.9 cm³/mol. The van der Waals surface area contributed by atoms with E-state index < -0.39 is 23.4 Å². The molecular formula is C11H20FNO3. The summed E-state index contributed by atoms with van der Waals surface area (Å²) in [4.78, 5) is 13.1. The number of rotatable bonds is 1. The van der Waals surface area contributed by atoms with Gasteiger partial charge in [-0.05, 0) is 27.7 Å². The average molecular weight is 233 g/mol. The summed E-state index contributed by atoms with van der Waals surface area (Å²) in [6.07, 6.45) is -1.50. The van der Waals surface area contributed by atoms with E-state index in [-0.39, 0.29) is 19.6 Å². The van der Waals surface area contributed by atoms with Crippen LogP contribution in [0.1, 0.15) is 34.1 Å². The summed E-state index contributed by atoms with van der Waals surface area (Å²) < 4.78 is 18.5. The predicted octanol–water partition coefficient (Wildman–Crippen LogP) is 1.72. The molecule has 0 bridgehead atoms. The highest BCUT2D eigenvalue weighted by atomic mass is 19.1. The maximum absolute atomic E-state index is 13.3. The Balaban J connectivity index is 2.75. The number of halogens is 1. The van der Waals surface area contributed by atoms with E-state index in [0.717, 1.165) is 0 Å². The van der Waals surface area contributed by atoms with E-state index in [9.17, 15) is 14.3 Å². The highest BCUT2D eigenvalue weighted by Gasteiger charge is 2.46. The number of alkyl halides is 1. The van der Waals surface area contributed by atoms with Crippen molar-refractivity contribution < 1.29 is 19.0 Å². The fraction of sp³-hybridized carbons (Fsp3) is 0.909. The van der Waals surface area contributed by atoms with Crippen LogP contribution in [0, 0.1) is 0 Å². The van der Waals surface area contributed by atoms with Crippen LogP contribution < -0.4 is 0 Å². The van der Waals surface area contributed by atoms with Gasteiger partial charge in [-0.15, -0.1) is 0 Å². The van der Waals surface area contributed by atoms with Gasteiger partial charge in [0, 0.05) is 6.42 Å². The lowest BCUT2D eigenvalue weighted by Gasteiger charge is -2.34. The van der Waals surface area contributed by atoms with E-state index in [2.05, 4.69) is 0 Å². The van der Waals surface area contributed by atoms with Gasteiger partial charge < -0.3 is 9.84 Å². The molecule has 0 radical (unpaired) electrons. The van der Waals surface area contributed by atoms with Crippen molar-refractivity contribution in [1.29, 1.82) is 0 Å². The van der Waals surface area contributed by atoms with Gasteiger partial charge in [-0.1, -0.05) is 0 Å². The Bertz CT molecular complexity index is 277. The summed E-state index contributed by atoms with van der Waals surface area (Å²) >= 11 is 0. The van der Waals surface area contributed by atoms with E-state index >= 15 is 0 Å². The number of aliphatic hydroxyl groups excluding tert-OH is 1. The van der Waals surface area contributed by atoms with Gasteiger partial charge in [-0.25, -0.2) is 9.18 Å². The second-order valence-corrected chi connectivity index (χ2v) is 5.55. The number of amides is 1. The lowest BCUT2D eigenvalue weighted by molar-refractivity contribution is -0.000210. The molecule has 1 aliphatic rings. The van der Waals surface area contributed by atoms with Crippen molar-refractivity contribution in [2.45, 2.75) is 51.4 Å². The molecule has 1 rings (SSSR count). The Kier molecular flexibility index (Phi) is 3.47. The first-order valence-corrected chi connectivity index (χ1v) is 5.43. The maximum atomic E-state index is 13.3. The fourth-order valence-electron chi connectivity index (χ4n) is 1.83. The lowest BCUT2D eigenvalue weighted by Crippen LogP contribution is -2.49. The number of carbonyl (C=O) groups is 1. The highest BCUT2D eigenvalue weighted by Crippen LogP contribution is 2.31. The molecule has 1 fully saturated rings. The van der Waals surface area contributed by atoms with Crippen LogP contribution >= 0.6 is 0 Å². The van der Waals surface area contributed by atoms with Crippen LogP contribution in [0.5, 0.6) is 0 Å². The molecule has 4 nitrogen and oxygen atoms in total. The van der Waals surface area contributed by atoms with Crippen molar-refractivity contribution >= 4 is 6.09 Å². The van der Waals surface area contributed by atoms with Crippen LogP contribution in [0.3, 0.4) is 0 Å². The third-order valence-electron chi connectivity index (χ3n) is 2.65. The van der Waals surface area contributed by atoms with Gasteiger partial charge in [0.1, 0.15) is 11.8 Å². The zero-order valence-corrected chi connectivity index (χ0v) is 10.3. The fourth-order valence-corrected chi connectivity index (χ4v) is 1.83. The Morgan fingerprint density at radius 2 is 2.19 bits per heavy atom. The molecule has 0 saturated carbocycles. The van der Waals surface area contributed by atoms with E-state index in [1.54, 1.807) is 27.7 Å². The summed E-state index contributed by atoms with van der Waals surface area (Å²) in [7, 11) is 0. The molecule has 5 heteroatoms. The van der Waals surface area contributed by atoms with Crippen LogP contribution in [-0.2, 0) is 4.74 Å². The zero-order valence-electron chi connectivity index (χ0n) is 10.3. The molecule has 0 aromatic heterocycles. The molecule has 94 valence electrons. The number of carbonyl (C=O) groups excluding carboxylic acids is 1. The molecule has 0 aromatic rings. The summed E-state index contributed by atoms with van der Waals surface area (Å²) in [6, 6.07) is 0. The van der Waals surface area contributed by atoms with Crippen molar-refractivity contribution in [1.82, 2.24) is 4.90 Å². The molecule has 16 heavy (non-hydrogen) atoms. The normalized spacial score (nSPS) is 30.6. The first-order valence-electron chi connectivity index (χ1n) is 5.43. The molecule has 0 aromatic carbocycles. The second kappa shape index (κ2) is 4.20. The smallest absolute Gasteiger partial charge is 0.410 e. The summed E-state index contributed by atoms with van der Waals surface area (Å²) in [5.41, 5.74) is -1.45. The van der Waals surface area contributed by atoms with Crippen LogP contribution in [0.2, 0.25) is 0 Å². The SMILES string of the molecule is CC(C)(C)OC(=O)N1CC(F)CC1(C)CO. The molecule has 2 unspecified atom stereocenters. The van der Waals surface area contributed by atoms with E-state index in [0.29, 0.717) is 0 Å². The van der Waals surface area contributed by atoms with Gasteiger partial charge in [0.05, 0.1) is 18.7 Å². The Morgan fingerprint density at radius 1 is 1.62 bits per heavy atom. The van der Waals surface area contributed by atoms with Gasteiger partial charge >= 0.3 is 6.09 Å². The third kappa shape index (κ3) is 2.84. The second-order valence-electron chi connectivity index (χ2n) is 5.55. The summed E-state index contributed by atoms with van der Waals surface area (Å²) in [5, 5.41) is 9.24.